The first-order valence-electron chi connectivity index (χ1n) is 10.1. The second kappa shape index (κ2) is 9.69. The van der Waals surface area contributed by atoms with Crippen LogP contribution < -0.4 is 10.6 Å². The average molecular weight is 415 g/mol. The van der Waals surface area contributed by atoms with Gasteiger partial charge in [-0.25, -0.2) is 13.8 Å². The molecule has 0 heterocycles. The van der Waals surface area contributed by atoms with Crippen molar-refractivity contribution in [2.75, 3.05) is 33.7 Å². The van der Waals surface area contributed by atoms with Gasteiger partial charge in [0.05, 0.1) is 0 Å². The molecule has 30 heavy (non-hydrogen) atoms. The maximum absolute atomic E-state index is 14.3. The minimum absolute atomic E-state index is 0.0194. The van der Waals surface area contributed by atoms with Crippen molar-refractivity contribution in [1.82, 2.24) is 15.5 Å². The molecule has 2 aromatic rings. The highest BCUT2D eigenvalue weighted by atomic mass is 19.1. The minimum Gasteiger partial charge on any atom is -0.356 e. The van der Waals surface area contributed by atoms with E-state index in [1.54, 1.807) is 14.1 Å². The fourth-order valence-electron chi connectivity index (χ4n) is 3.30. The van der Waals surface area contributed by atoms with Crippen molar-refractivity contribution in [2.24, 2.45) is 4.99 Å². The van der Waals surface area contributed by atoms with E-state index in [1.807, 2.05) is 18.2 Å². The molecule has 0 atom stereocenters. The number of amides is 1. The SMILES string of the molecule is CN(C)C(=O)CN=C(NCCc1ccccc1)NCC1(c2ccc(F)cc2F)CC1. The van der Waals surface area contributed by atoms with Gasteiger partial charge in [-0.05, 0) is 36.5 Å². The molecule has 1 amide bonds. The van der Waals surface area contributed by atoms with Gasteiger partial charge in [0.1, 0.15) is 18.2 Å². The maximum Gasteiger partial charge on any atom is 0.243 e. The van der Waals surface area contributed by atoms with Crippen LogP contribution in [0.3, 0.4) is 0 Å². The first-order chi connectivity index (χ1) is 14.4. The molecule has 0 unspecified atom stereocenters. The van der Waals surface area contributed by atoms with Gasteiger partial charge >= 0.3 is 0 Å². The number of carbonyl (C=O) groups is 1. The highest BCUT2D eigenvalue weighted by Gasteiger charge is 2.46. The zero-order valence-electron chi connectivity index (χ0n) is 17.4. The van der Waals surface area contributed by atoms with Crippen molar-refractivity contribution in [3.63, 3.8) is 0 Å². The highest BCUT2D eigenvalue weighted by Crippen LogP contribution is 2.48. The summed E-state index contributed by atoms with van der Waals surface area (Å²) >= 11 is 0. The topological polar surface area (TPSA) is 56.7 Å². The van der Waals surface area contributed by atoms with Crippen LogP contribution >= 0.6 is 0 Å². The molecule has 2 N–H and O–H groups in total. The number of benzene rings is 2. The molecule has 1 fully saturated rings. The number of carbonyl (C=O) groups excluding carboxylic acids is 1. The van der Waals surface area contributed by atoms with Gasteiger partial charge < -0.3 is 15.5 Å². The molecule has 0 spiro atoms. The molecule has 0 bridgehead atoms. The van der Waals surface area contributed by atoms with Crippen LogP contribution in [0.1, 0.15) is 24.0 Å². The third-order valence-electron chi connectivity index (χ3n) is 5.37. The van der Waals surface area contributed by atoms with Gasteiger partial charge in [-0.2, -0.15) is 0 Å². The predicted octanol–water partition coefficient (Wildman–Crippen LogP) is 2.86. The van der Waals surface area contributed by atoms with Crippen molar-refractivity contribution in [3.05, 3.63) is 71.3 Å². The van der Waals surface area contributed by atoms with E-state index in [2.05, 4.69) is 27.8 Å². The standard InChI is InChI=1S/C23H28F2N4O/c1-29(2)21(30)15-27-22(26-13-10-17-6-4-3-5-7-17)28-16-23(11-12-23)19-9-8-18(24)14-20(19)25/h3-9,14H,10-13,15-16H2,1-2H3,(H2,26,27,28). The van der Waals surface area contributed by atoms with Crippen LogP contribution in [0.4, 0.5) is 8.78 Å². The fraction of sp³-hybridized carbons (Fsp3) is 0.391. The predicted molar refractivity (Wildman–Crippen MR) is 114 cm³/mol. The minimum atomic E-state index is -0.577. The zero-order valence-corrected chi connectivity index (χ0v) is 17.4. The number of rotatable bonds is 8. The molecule has 1 saturated carbocycles. The van der Waals surface area contributed by atoms with Crippen molar-refractivity contribution < 1.29 is 13.6 Å². The van der Waals surface area contributed by atoms with Gasteiger partial charge in [0.2, 0.25) is 5.91 Å². The van der Waals surface area contributed by atoms with E-state index in [1.165, 1.54) is 22.6 Å². The molecule has 0 saturated heterocycles. The van der Waals surface area contributed by atoms with Gasteiger partial charge in [0, 0.05) is 38.7 Å². The summed E-state index contributed by atoms with van der Waals surface area (Å²) in [5.41, 5.74) is 1.34. The van der Waals surface area contributed by atoms with Crippen LogP contribution in [-0.2, 0) is 16.6 Å². The molecule has 1 aliphatic rings. The van der Waals surface area contributed by atoms with Gasteiger partial charge in [-0.15, -0.1) is 0 Å². The summed E-state index contributed by atoms with van der Waals surface area (Å²) in [5, 5.41) is 6.50. The lowest BCUT2D eigenvalue weighted by molar-refractivity contribution is -0.127. The lowest BCUT2D eigenvalue weighted by Crippen LogP contribution is -2.43. The van der Waals surface area contributed by atoms with Gasteiger partial charge in [0.15, 0.2) is 5.96 Å². The van der Waals surface area contributed by atoms with Crippen molar-refractivity contribution in [2.45, 2.75) is 24.7 Å². The Balaban J connectivity index is 1.64. The summed E-state index contributed by atoms with van der Waals surface area (Å²) in [6.07, 6.45) is 2.44. The number of aliphatic imine (C=N–C) groups is 1. The Bertz CT molecular complexity index is 895. The number of likely N-dealkylation sites (N-methyl/N-ethyl adjacent to an activating group) is 1. The smallest absolute Gasteiger partial charge is 0.243 e. The quantitative estimate of drug-likeness (QED) is 0.516. The Morgan fingerprint density at radius 2 is 1.83 bits per heavy atom. The Morgan fingerprint density at radius 1 is 1.10 bits per heavy atom. The van der Waals surface area contributed by atoms with E-state index in [0.29, 0.717) is 24.6 Å². The Labute approximate surface area is 176 Å². The van der Waals surface area contributed by atoms with E-state index in [0.717, 1.165) is 25.3 Å². The normalized spacial score (nSPS) is 14.9. The average Bonchev–Trinajstić information content (AvgIpc) is 3.50. The molecule has 2 aromatic carbocycles. The molecule has 160 valence electrons. The molecule has 1 aliphatic carbocycles. The summed E-state index contributed by atoms with van der Waals surface area (Å²) in [7, 11) is 3.37. The molecule has 7 heteroatoms. The van der Waals surface area contributed by atoms with E-state index in [4.69, 9.17) is 0 Å². The Hall–Kier alpha value is -2.96. The van der Waals surface area contributed by atoms with Crippen LogP contribution in [0, 0.1) is 11.6 Å². The van der Waals surface area contributed by atoms with Crippen molar-refractivity contribution >= 4 is 11.9 Å². The van der Waals surface area contributed by atoms with Crippen LogP contribution in [0.15, 0.2) is 53.5 Å². The van der Waals surface area contributed by atoms with Crippen molar-refractivity contribution in [3.8, 4) is 0 Å². The van der Waals surface area contributed by atoms with Gasteiger partial charge in [0.25, 0.3) is 0 Å². The Morgan fingerprint density at radius 3 is 2.47 bits per heavy atom. The first-order valence-corrected chi connectivity index (χ1v) is 10.1. The molecular weight excluding hydrogens is 386 g/mol. The number of nitrogens with zero attached hydrogens (tertiary/aromatic N) is 2. The molecule has 0 radical (unpaired) electrons. The van der Waals surface area contributed by atoms with Crippen LogP contribution in [0.5, 0.6) is 0 Å². The summed E-state index contributed by atoms with van der Waals surface area (Å²) in [4.78, 5) is 17.8. The molecular formula is C23H28F2N4O. The van der Waals surface area contributed by atoms with E-state index >= 15 is 0 Å². The summed E-state index contributed by atoms with van der Waals surface area (Å²) in [6.45, 7) is 1.12. The molecule has 0 aliphatic heterocycles. The van der Waals surface area contributed by atoms with Crippen molar-refractivity contribution in [1.29, 1.82) is 0 Å². The Kier molecular flexibility index (Phi) is 7.03. The van der Waals surface area contributed by atoms with E-state index in [9.17, 15) is 13.6 Å². The zero-order chi connectivity index (χ0) is 21.6. The number of hydrogen-bond donors (Lipinski definition) is 2. The molecule has 0 aromatic heterocycles. The third-order valence-corrected chi connectivity index (χ3v) is 5.37. The van der Waals surface area contributed by atoms with Gasteiger partial charge in [-0.1, -0.05) is 36.4 Å². The number of nitrogens with one attached hydrogen (secondary N) is 2. The second-order valence-corrected chi connectivity index (χ2v) is 7.87. The lowest BCUT2D eigenvalue weighted by Gasteiger charge is -2.20. The second-order valence-electron chi connectivity index (χ2n) is 7.87. The monoisotopic (exact) mass is 414 g/mol. The number of guanidine groups is 1. The van der Waals surface area contributed by atoms with Crippen LogP contribution in [0.2, 0.25) is 0 Å². The summed E-state index contributed by atoms with van der Waals surface area (Å²) in [6, 6.07) is 13.8. The summed E-state index contributed by atoms with van der Waals surface area (Å²) in [5.74, 6) is -0.695. The van der Waals surface area contributed by atoms with E-state index < -0.39 is 11.6 Å². The fourth-order valence-corrected chi connectivity index (χ4v) is 3.30. The maximum atomic E-state index is 14.3. The lowest BCUT2D eigenvalue weighted by atomic mass is 9.95. The van der Waals surface area contributed by atoms with E-state index in [-0.39, 0.29) is 17.9 Å². The first kappa shape index (κ1) is 21.7. The third kappa shape index (κ3) is 5.78. The van der Waals surface area contributed by atoms with Gasteiger partial charge in [-0.3, -0.25) is 4.79 Å². The number of halogens is 2. The van der Waals surface area contributed by atoms with Crippen LogP contribution in [-0.4, -0.2) is 50.5 Å². The number of hydrogen-bond acceptors (Lipinski definition) is 2. The summed E-state index contributed by atoms with van der Waals surface area (Å²) < 4.78 is 27.5. The van der Waals surface area contributed by atoms with Crippen LogP contribution in [0.25, 0.3) is 0 Å². The highest BCUT2D eigenvalue weighted by molar-refractivity contribution is 5.84. The molecule has 3 rings (SSSR count). The largest absolute Gasteiger partial charge is 0.356 e. The molecule has 5 nitrogen and oxygen atoms in total.